The number of hydrogen-bond acceptors (Lipinski definition) is 5. The second kappa shape index (κ2) is 4.69. The highest BCUT2D eigenvalue weighted by Crippen LogP contribution is 2.38. The van der Waals surface area contributed by atoms with Gasteiger partial charge in [0.05, 0.1) is 25.7 Å². The summed E-state index contributed by atoms with van der Waals surface area (Å²) < 4.78 is 16.2. The van der Waals surface area contributed by atoms with Gasteiger partial charge < -0.3 is 19.9 Å². The summed E-state index contributed by atoms with van der Waals surface area (Å²) in [5, 5.41) is 0. The van der Waals surface area contributed by atoms with Gasteiger partial charge in [0.1, 0.15) is 0 Å². The summed E-state index contributed by atoms with van der Waals surface area (Å²) in [6, 6.07) is -0.141. The molecule has 2 rings (SSSR count). The second-order valence-electron chi connectivity index (χ2n) is 4.37. The molecule has 16 heavy (non-hydrogen) atoms. The minimum Gasteiger partial charge on any atom is -0.466 e. The van der Waals surface area contributed by atoms with Gasteiger partial charge in [-0.1, -0.05) is 0 Å². The molecular weight excluding hydrogens is 210 g/mol. The van der Waals surface area contributed by atoms with Gasteiger partial charge in [-0.2, -0.15) is 0 Å². The lowest BCUT2D eigenvalue weighted by Crippen LogP contribution is -2.49. The Morgan fingerprint density at radius 2 is 2.19 bits per heavy atom. The van der Waals surface area contributed by atoms with E-state index in [0.717, 1.165) is 12.8 Å². The van der Waals surface area contributed by atoms with Crippen molar-refractivity contribution in [1.29, 1.82) is 0 Å². The van der Waals surface area contributed by atoms with E-state index < -0.39 is 5.79 Å². The fourth-order valence-corrected chi connectivity index (χ4v) is 2.44. The van der Waals surface area contributed by atoms with E-state index in [9.17, 15) is 4.79 Å². The van der Waals surface area contributed by atoms with Crippen molar-refractivity contribution in [3.63, 3.8) is 0 Å². The van der Waals surface area contributed by atoms with Crippen LogP contribution in [-0.4, -0.2) is 37.6 Å². The van der Waals surface area contributed by atoms with E-state index in [1.54, 1.807) is 6.92 Å². The van der Waals surface area contributed by atoms with Crippen molar-refractivity contribution in [2.75, 3.05) is 19.8 Å². The van der Waals surface area contributed by atoms with Crippen LogP contribution in [0, 0.1) is 5.92 Å². The summed E-state index contributed by atoms with van der Waals surface area (Å²) in [5.74, 6) is -1.10. The van der Waals surface area contributed by atoms with Crippen molar-refractivity contribution >= 4 is 5.97 Å². The lowest BCUT2D eigenvalue weighted by atomic mass is 9.81. The Morgan fingerprint density at radius 3 is 2.81 bits per heavy atom. The highest BCUT2D eigenvalue weighted by atomic mass is 16.7. The standard InChI is InChI=1S/C11H19NO4/c1-2-14-10(13)8-7-11(4-3-9(8)12)15-5-6-16-11/h8-9H,2-7,12H2,1H3/t8-,9+/m1/s1. The zero-order valence-electron chi connectivity index (χ0n) is 9.61. The van der Waals surface area contributed by atoms with Crippen molar-refractivity contribution in [2.45, 2.75) is 38.0 Å². The van der Waals surface area contributed by atoms with Gasteiger partial charge in [-0.3, -0.25) is 4.79 Å². The molecular formula is C11H19NO4. The molecule has 2 aliphatic rings. The minimum absolute atomic E-state index is 0.141. The third-order valence-electron chi connectivity index (χ3n) is 3.31. The van der Waals surface area contributed by atoms with E-state index in [4.69, 9.17) is 19.9 Å². The molecule has 0 amide bonds. The maximum atomic E-state index is 11.7. The van der Waals surface area contributed by atoms with Gasteiger partial charge in [-0.05, 0) is 13.3 Å². The zero-order chi connectivity index (χ0) is 11.6. The SMILES string of the molecule is CCOC(=O)[C@@H]1CC2(CC[C@@H]1N)OCCO2. The van der Waals surface area contributed by atoms with Gasteiger partial charge in [0, 0.05) is 18.9 Å². The Balaban J connectivity index is 2.02. The first-order valence-electron chi connectivity index (χ1n) is 5.87. The maximum absolute atomic E-state index is 11.7. The molecule has 1 aliphatic carbocycles. The van der Waals surface area contributed by atoms with E-state index >= 15 is 0 Å². The van der Waals surface area contributed by atoms with Crippen molar-refractivity contribution in [1.82, 2.24) is 0 Å². The first-order valence-corrected chi connectivity index (χ1v) is 5.87. The number of rotatable bonds is 2. The van der Waals surface area contributed by atoms with Crippen molar-refractivity contribution < 1.29 is 19.0 Å². The molecule has 0 aromatic heterocycles. The largest absolute Gasteiger partial charge is 0.466 e. The van der Waals surface area contributed by atoms with Gasteiger partial charge >= 0.3 is 5.97 Å². The number of hydrogen-bond donors (Lipinski definition) is 1. The van der Waals surface area contributed by atoms with E-state index in [1.807, 2.05) is 0 Å². The van der Waals surface area contributed by atoms with Crippen LogP contribution in [0.2, 0.25) is 0 Å². The Kier molecular flexibility index (Phi) is 3.47. The molecule has 1 spiro atoms. The molecule has 1 aliphatic heterocycles. The van der Waals surface area contributed by atoms with E-state index in [-0.39, 0.29) is 17.9 Å². The third kappa shape index (κ3) is 2.21. The average Bonchev–Trinajstić information content (AvgIpc) is 2.71. The Bertz CT molecular complexity index is 263. The average molecular weight is 229 g/mol. The Morgan fingerprint density at radius 1 is 1.50 bits per heavy atom. The van der Waals surface area contributed by atoms with E-state index in [1.165, 1.54) is 0 Å². The predicted molar refractivity (Wildman–Crippen MR) is 56.6 cm³/mol. The molecule has 0 unspecified atom stereocenters. The maximum Gasteiger partial charge on any atom is 0.310 e. The zero-order valence-corrected chi connectivity index (χ0v) is 9.61. The van der Waals surface area contributed by atoms with Gasteiger partial charge in [-0.25, -0.2) is 0 Å². The highest BCUT2D eigenvalue weighted by molar-refractivity contribution is 5.73. The van der Waals surface area contributed by atoms with Crippen LogP contribution in [0.4, 0.5) is 0 Å². The number of carbonyl (C=O) groups excluding carboxylic acids is 1. The molecule has 2 fully saturated rings. The highest BCUT2D eigenvalue weighted by Gasteiger charge is 2.47. The van der Waals surface area contributed by atoms with Crippen molar-refractivity contribution in [2.24, 2.45) is 11.7 Å². The quantitative estimate of drug-likeness (QED) is 0.695. The van der Waals surface area contributed by atoms with Crippen LogP contribution in [-0.2, 0) is 19.0 Å². The van der Waals surface area contributed by atoms with Crippen LogP contribution in [0.5, 0.6) is 0 Å². The summed E-state index contributed by atoms with van der Waals surface area (Å²) in [5.41, 5.74) is 5.95. The lowest BCUT2D eigenvalue weighted by Gasteiger charge is -2.38. The molecule has 92 valence electrons. The first kappa shape index (κ1) is 11.8. The van der Waals surface area contributed by atoms with Crippen LogP contribution in [0.15, 0.2) is 0 Å². The predicted octanol–water partition coefficient (Wildman–Crippen LogP) is 0.420. The van der Waals surface area contributed by atoms with E-state index in [2.05, 4.69) is 0 Å². The van der Waals surface area contributed by atoms with E-state index in [0.29, 0.717) is 26.2 Å². The van der Waals surface area contributed by atoms with Gasteiger partial charge in [0.15, 0.2) is 5.79 Å². The molecule has 1 saturated heterocycles. The lowest BCUT2D eigenvalue weighted by molar-refractivity contribution is -0.197. The van der Waals surface area contributed by atoms with Crippen LogP contribution in [0.1, 0.15) is 26.2 Å². The summed E-state index contributed by atoms with van der Waals surface area (Å²) in [6.07, 6.45) is 2.03. The van der Waals surface area contributed by atoms with Gasteiger partial charge in [0.2, 0.25) is 0 Å². The molecule has 2 atom stereocenters. The number of esters is 1. The van der Waals surface area contributed by atoms with Crippen LogP contribution in [0.25, 0.3) is 0 Å². The molecule has 0 aromatic carbocycles. The summed E-state index contributed by atoms with van der Waals surface area (Å²) >= 11 is 0. The fraction of sp³-hybridized carbons (Fsp3) is 0.909. The number of ether oxygens (including phenoxy) is 3. The van der Waals surface area contributed by atoms with Crippen molar-refractivity contribution in [3.05, 3.63) is 0 Å². The van der Waals surface area contributed by atoms with Crippen LogP contribution < -0.4 is 5.73 Å². The third-order valence-corrected chi connectivity index (χ3v) is 3.31. The van der Waals surface area contributed by atoms with Crippen molar-refractivity contribution in [3.8, 4) is 0 Å². The molecule has 5 nitrogen and oxygen atoms in total. The smallest absolute Gasteiger partial charge is 0.310 e. The normalized spacial score (nSPS) is 32.9. The van der Waals surface area contributed by atoms with Gasteiger partial charge in [0.25, 0.3) is 0 Å². The van der Waals surface area contributed by atoms with Crippen LogP contribution >= 0.6 is 0 Å². The fourth-order valence-electron chi connectivity index (χ4n) is 2.44. The number of nitrogens with two attached hydrogens (primary N) is 1. The molecule has 2 N–H and O–H groups in total. The molecule has 5 heteroatoms. The minimum atomic E-state index is -0.576. The topological polar surface area (TPSA) is 70.8 Å². The van der Waals surface area contributed by atoms with Gasteiger partial charge in [-0.15, -0.1) is 0 Å². The molecule has 0 bridgehead atoms. The molecule has 1 heterocycles. The molecule has 1 saturated carbocycles. The monoisotopic (exact) mass is 229 g/mol. The summed E-state index contributed by atoms with van der Waals surface area (Å²) in [6.45, 7) is 3.39. The molecule has 0 radical (unpaired) electrons. The summed E-state index contributed by atoms with van der Waals surface area (Å²) in [4.78, 5) is 11.7. The Labute approximate surface area is 95.2 Å². The van der Waals surface area contributed by atoms with Crippen LogP contribution in [0.3, 0.4) is 0 Å². The second-order valence-corrected chi connectivity index (χ2v) is 4.37. The summed E-state index contributed by atoms with van der Waals surface area (Å²) in [7, 11) is 0. The Hall–Kier alpha value is -0.650. The number of carbonyl (C=O) groups is 1. The molecule has 0 aromatic rings. The first-order chi connectivity index (χ1) is 7.67.